The number of aromatic hydroxyl groups is 1. The number of nitrogens with one attached hydrogen (secondary N) is 1. The van der Waals surface area contributed by atoms with E-state index in [1.807, 2.05) is 29.2 Å². The number of phenolic OH excluding ortho intramolecular Hbond substituents is 1. The zero-order valence-corrected chi connectivity index (χ0v) is 25.1. The number of nitrogens with zero attached hydrogens (tertiary/aromatic N) is 4. The van der Waals surface area contributed by atoms with Crippen LogP contribution in [-0.2, 0) is 22.4 Å². The number of likely N-dealkylation sites (tertiary alicyclic amines) is 1. The zero-order chi connectivity index (χ0) is 31.6. The van der Waals surface area contributed by atoms with Crippen molar-refractivity contribution in [2.75, 3.05) is 25.0 Å². The van der Waals surface area contributed by atoms with Gasteiger partial charge in [-0.1, -0.05) is 30.3 Å². The van der Waals surface area contributed by atoms with Gasteiger partial charge in [0.25, 0.3) is 5.91 Å². The monoisotopic (exact) mass is 596 g/mol. The van der Waals surface area contributed by atoms with Gasteiger partial charge in [0.05, 0.1) is 11.9 Å². The Morgan fingerprint density at radius 2 is 1.86 bits per heavy atom. The minimum atomic E-state index is -1.24. The van der Waals surface area contributed by atoms with E-state index in [9.17, 15) is 19.5 Å². The second-order valence-corrected chi connectivity index (χ2v) is 10.8. The number of hydrogen-bond donors (Lipinski definition) is 3. The summed E-state index contributed by atoms with van der Waals surface area (Å²) in [7, 11) is 0. The molecule has 11 heteroatoms. The first-order valence-electron chi connectivity index (χ1n) is 14.4. The number of phenols is 1. The van der Waals surface area contributed by atoms with Crippen LogP contribution < -0.4 is 11.1 Å². The van der Waals surface area contributed by atoms with Crippen molar-refractivity contribution in [3.63, 3.8) is 0 Å². The second kappa shape index (κ2) is 14.7. The summed E-state index contributed by atoms with van der Waals surface area (Å²) >= 11 is 0. The molecule has 2 aliphatic rings. The van der Waals surface area contributed by atoms with Crippen LogP contribution in [0.2, 0.25) is 0 Å². The van der Waals surface area contributed by atoms with E-state index in [0.29, 0.717) is 54.9 Å². The number of carbonyl (C=O) groups excluding carboxylic acids is 3. The van der Waals surface area contributed by atoms with E-state index < -0.39 is 18.1 Å². The van der Waals surface area contributed by atoms with E-state index in [2.05, 4.69) is 38.5 Å². The minimum Gasteiger partial charge on any atom is -0.507 e. The molecule has 1 fully saturated rings. The van der Waals surface area contributed by atoms with Crippen LogP contribution in [0.15, 0.2) is 69.7 Å². The number of para-hydroxylation sites is 1. The minimum absolute atomic E-state index is 0.0305. The Morgan fingerprint density at radius 1 is 1.16 bits per heavy atom. The van der Waals surface area contributed by atoms with Crippen LogP contribution in [0.4, 0.5) is 15.3 Å². The van der Waals surface area contributed by atoms with Gasteiger partial charge in [0.15, 0.2) is 6.10 Å². The maximum atomic E-state index is 13.2. The summed E-state index contributed by atoms with van der Waals surface area (Å²) in [5, 5.41) is 13.2. The molecule has 4 rings (SSSR count). The maximum absolute atomic E-state index is 13.2. The molecule has 44 heavy (non-hydrogen) atoms. The largest absolute Gasteiger partial charge is 0.507 e. The molecule has 2 aromatic carbocycles. The van der Waals surface area contributed by atoms with Crippen molar-refractivity contribution in [2.45, 2.75) is 58.6 Å². The second-order valence-electron chi connectivity index (χ2n) is 10.8. The predicted octanol–water partition coefficient (Wildman–Crippen LogP) is 4.16. The third-order valence-corrected chi connectivity index (χ3v) is 7.47. The standard InChI is InChI=1S/C33H36N6O5/c1-22-19-25(20-23(2)30(22)40)21-29(31(41)36-14-6-13-35-15-9-24(3)34)44-33(43)38-16-11-27(12-17-38)39-18-10-26-7-4-5-8-28(26)37-32(39)42/h4-5,7-8,13,19-20,27,29,40H,10-12,16-18,21,34H2,1-3H3,(H,37,42)/t29-/m1/s1. The summed E-state index contributed by atoms with van der Waals surface area (Å²) in [6.45, 7) is 6.47. The molecule has 0 aromatic heterocycles. The van der Waals surface area contributed by atoms with Gasteiger partial charge in [-0.15, -0.1) is 0 Å². The van der Waals surface area contributed by atoms with Crippen LogP contribution in [0.25, 0.3) is 0 Å². The Kier molecular flexibility index (Phi) is 10.6. The van der Waals surface area contributed by atoms with E-state index in [1.54, 1.807) is 37.8 Å². The molecule has 4 N–H and O–H groups in total. The summed E-state index contributed by atoms with van der Waals surface area (Å²) in [4.78, 5) is 50.1. The zero-order valence-electron chi connectivity index (χ0n) is 25.1. The Morgan fingerprint density at radius 3 is 2.57 bits per heavy atom. The number of anilines is 1. The SMILES string of the molecule is CC(N)=C=C=NC=C=C=NC(=O)[C@@H](Cc1cc(C)c(O)c(C)c1)OC(=O)N1CCC(N2CCc3ccccc3NC2=O)CC1. The van der Waals surface area contributed by atoms with E-state index >= 15 is 0 Å². The van der Waals surface area contributed by atoms with Crippen LogP contribution >= 0.6 is 0 Å². The van der Waals surface area contributed by atoms with Crippen molar-refractivity contribution in [3.05, 3.63) is 82.0 Å². The summed E-state index contributed by atoms with van der Waals surface area (Å²) in [6.07, 6.45) is 1.26. The average molecular weight is 597 g/mol. The molecule has 1 saturated heterocycles. The number of benzene rings is 2. The molecule has 2 aromatic rings. The number of piperidine rings is 1. The number of aryl methyl sites for hydroxylation is 2. The lowest BCUT2D eigenvalue weighted by atomic mass is 10.0. The fraction of sp³-hybridized carbons (Fsp3) is 0.364. The van der Waals surface area contributed by atoms with Gasteiger partial charge >= 0.3 is 12.1 Å². The number of urea groups is 1. The number of allylic oxidation sites excluding steroid dienone is 1. The van der Waals surface area contributed by atoms with Crippen LogP contribution in [0.1, 0.15) is 42.0 Å². The van der Waals surface area contributed by atoms with Gasteiger partial charge in [-0.25, -0.2) is 9.59 Å². The molecule has 228 valence electrons. The molecular weight excluding hydrogens is 560 g/mol. The molecule has 1 atom stereocenters. The summed E-state index contributed by atoms with van der Waals surface area (Å²) in [5.41, 5.74) is 14.8. The maximum Gasteiger partial charge on any atom is 0.410 e. The van der Waals surface area contributed by atoms with E-state index in [-0.39, 0.29) is 24.2 Å². The Bertz CT molecular complexity index is 1600. The molecule has 0 radical (unpaired) electrons. The third kappa shape index (κ3) is 8.39. The highest BCUT2D eigenvalue weighted by atomic mass is 16.6. The summed E-state index contributed by atoms with van der Waals surface area (Å²) in [5.74, 6) is 4.25. The normalized spacial score (nSPS) is 15.1. The number of aliphatic imine (C=N–C) groups is 2. The molecule has 0 spiro atoms. The average Bonchev–Trinajstić information content (AvgIpc) is 3.16. The van der Waals surface area contributed by atoms with E-state index in [0.717, 1.165) is 17.7 Å². The van der Waals surface area contributed by atoms with Crippen molar-refractivity contribution >= 4 is 35.5 Å². The molecule has 0 aliphatic carbocycles. The molecule has 11 nitrogen and oxygen atoms in total. The predicted molar refractivity (Wildman–Crippen MR) is 167 cm³/mol. The van der Waals surface area contributed by atoms with Crippen LogP contribution in [-0.4, -0.2) is 76.5 Å². The third-order valence-electron chi connectivity index (χ3n) is 7.47. The van der Waals surface area contributed by atoms with Gasteiger partial charge < -0.3 is 30.7 Å². The van der Waals surface area contributed by atoms with E-state index in [4.69, 9.17) is 10.5 Å². The van der Waals surface area contributed by atoms with Crippen molar-refractivity contribution in [1.29, 1.82) is 0 Å². The Labute approximate surface area is 256 Å². The molecule has 2 aliphatic heterocycles. The van der Waals surface area contributed by atoms with Gasteiger partial charge in [0.2, 0.25) is 0 Å². The molecular formula is C33H36N6O5. The van der Waals surface area contributed by atoms with Crippen LogP contribution in [0.3, 0.4) is 0 Å². The Hall–Kier alpha value is -5.29. The van der Waals surface area contributed by atoms with Gasteiger partial charge in [0, 0.05) is 49.5 Å². The van der Waals surface area contributed by atoms with Gasteiger partial charge in [-0.05, 0) is 79.8 Å². The van der Waals surface area contributed by atoms with E-state index in [1.165, 1.54) is 6.20 Å². The lowest BCUT2D eigenvalue weighted by Gasteiger charge is -2.37. The van der Waals surface area contributed by atoms with Crippen molar-refractivity contribution < 1.29 is 24.2 Å². The number of fused-ring (bicyclic) bond motifs is 1. The lowest BCUT2D eigenvalue weighted by molar-refractivity contribution is -0.126. The smallest absolute Gasteiger partial charge is 0.410 e. The highest BCUT2D eigenvalue weighted by Crippen LogP contribution is 2.26. The quantitative estimate of drug-likeness (QED) is 0.337. The molecule has 0 bridgehead atoms. The number of hydrogen-bond acceptors (Lipinski definition) is 7. The van der Waals surface area contributed by atoms with Crippen molar-refractivity contribution in [3.8, 4) is 5.75 Å². The van der Waals surface area contributed by atoms with Crippen LogP contribution in [0, 0.1) is 13.8 Å². The van der Waals surface area contributed by atoms with Gasteiger partial charge in [-0.3, -0.25) is 4.79 Å². The highest BCUT2D eigenvalue weighted by molar-refractivity contribution is 5.91. The first-order valence-corrected chi connectivity index (χ1v) is 14.4. The lowest BCUT2D eigenvalue weighted by Crippen LogP contribution is -2.50. The first-order chi connectivity index (χ1) is 21.1. The summed E-state index contributed by atoms with van der Waals surface area (Å²) in [6, 6.07) is 11.1. The molecule has 4 amide bonds. The van der Waals surface area contributed by atoms with Gasteiger partial charge in [0.1, 0.15) is 5.75 Å². The highest BCUT2D eigenvalue weighted by Gasteiger charge is 2.33. The number of carbonyl (C=O) groups is 3. The molecule has 2 heterocycles. The fourth-order valence-corrected chi connectivity index (χ4v) is 5.22. The number of ether oxygens (including phenoxy) is 1. The fourth-order valence-electron chi connectivity index (χ4n) is 5.22. The number of amides is 4. The molecule has 0 unspecified atom stereocenters. The Balaban J connectivity index is 1.43. The van der Waals surface area contributed by atoms with Crippen LogP contribution in [0.5, 0.6) is 5.75 Å². The van der Waals surface area contributed by atoms with Crippen molar-refractivity contribution in [2.24, 2.45) is 15.7 Å². The number of nitrogens with two attached hydrogens (primary N) is 1. The van der Waals surface area contributed by atoms with Gasteiger partial charge in [-0.2, -0.15) is 9.98 Å². The van der Waals surface area contributed by atoms with Crippen molar-refractivity contribution in [1.82, 2.24) is 9.80 Å². The topological polar surface area (TPSA) is 150 Å². The number of rotatable bonds is 6. The summed E-state index contributed by atoms with van der Waals surface area (Å²) < 4.78 is 5.70. The molecule has 0 saturated carbocycles. The first kappa shape index (κ1) is 31.6.